The van der Waals surface area contributed by atoms with Gasteiger partial charge in [-0.3, -0.25) is 4.79 Å². The third kappa shape index (κ3) is 4.59. The molecule has 7 nitrogen and oxygen atoms in total. The first kappa shape index (κ1) is 24.4. The molecule has 1 unspecified atom stereocenters. The summed E-state index contributed by atoms with van der Waals surface area (Å²) in [6.45, 7) is 1.43. The number of fused-ring (bicyclic) bond motifs is 1. The van der Waals surface area contributed by atoms with Crippen LogP contribution in [0, 0.1) is 11.9 Å². The van der Waals surface area contributed by atoms with Crippen molar-refractivity contribution in [2.45, 2.75) is 63.4 Å². The quantitative estimate of drug-likeness (QED) is 0.367. The summed E-state index contributed by atoms with van der Waals surface area (Å²) in [4.78, 5) is 18.6. The van der Waals surface area contributed by atoms with Crippen molar-refractivity contribution in [3.63, 3.8) is 0 Å². The summed E-state index contributed by atoms with van der Waals surface area (Å²) in [5.74, 6) is -4.40. The molecule has 11 heteroatoms. The van der Waals surface area contributed by atoms with E-state index < -0.39 is 36.1 Å². The number of hydrogen-bond donors (Lipinski definition) is 1. The number of halogens is 4. The molecular weight excluding hydrogens is 480 g/mol. The zero-order chi connectivity index (χ0) is 25.6. The summed E-state index contributed by atoms with van der Waals surface area (Å²) in [5.41, 5.74) is 1.75. The predicted molar refractivity (Wildman–Crippen MR) is 119 cm³/mol. The second kappa shape index (κ2) is 9.27. The minimum atomic E-state index is -2.78. The van der Waals surface area contributed by atoms with Crippen LogP contribution in [0.5, 0.6) is 0 Å². The van der Waals surface area contributed by atoms with Gasteiger partial charge in [0.05, 0.1) is 6.04 Å². The normalized spacial score (nSPS) is 20.3. The number of rotatable bonds is 6. The zero-order valence-electron chi connectivity index (χ0n) is 19.4. The fourth-order valence-corrected chi connectivity index (χ4v) is 5.06. The number of aromatic nitrogens is 3. The van der Waals surface area contributed by atoms with E-state index in [-0.39, 0.29) is 49.9 Å². The van der Waals surface area contributed by atoms with Gasteiger partial charge < -0.3 is 14.4 Å². The molecule has 1 saturated carbocycles. The lowest BCUT2D eigenvalue weighted by molar-refractivity contribution is -0.0676. The second-order valence-electron chi connectivity index (χ2n) is 9.41. The van der Waals surface area contributed by atoms with E-state index in [2.05, 4.69) is 15.2 Å². The molecule has 36 heavy (non-hydrogen) atoms. The van der Waals surface area contributed by atoms with Gasteiger partial charge in [0.2, 0.25) is 17.8 Å². The van der Waals surface area contributed by atoms with Crippen molar-refractivity contribution in [3.05, 3.63) is 65.1 Å². The third-order valence-electron chi connectivity index (χ3n) is 6.99. The van der Waals surface area contributed by atoms with E-state index in [1.807, 2.05) is 0 Å². The monoisotopic (exact) mass is 504 g/mol. The van der Waals surface area contributed by atoms with Crippen LogP contribution in [0.2, 0.25) is 0 Å². The summed E-state index contributed by atoms with van der Waals surface area (Å²) >= 11 is 0. The number of carbonyl (C=O) groups excluding carboxylic acids is 1. The first-order chi connectivity index (χ1) is 17.1. The molecule has 3 atom stereocenters. The third-order valence-corrected chi connectivity index (χ3v) is 6.99. The fourth-order valence-electron chi connectivity index (χ4n) is 5.06. The van der Waals surface area contributed by atoms with Crippen molar-refractivity contribution < 1.29 is 31.9 Å². The van der Waals surface area contributed by atoms with Gasteiger partial charge in [0.1, 0.15) is 6.10 Å². The van der Waals surface area contributed by atoms with Crippen molar-refractivity contribution in [2.24, 2.45) is 5.92 Å². The van der Waals surface area contributed by atoms with E-state index in [0.29, 0.717) is 22.3 Å². The number of nitrogens with zero attached hydrogens (tertiary/aromatic N) is 4. The smallest absolute Gasteiger partial charge is 0.254 e. The highest BCUT2D eigenvalue weighted by atomic mass is 19.3. The second-order valence-corrected chi connectivity index (χ2v) is 9.41. The maximum absolute atomic E-state index is 13.9. The Morgan fingerprint density at radius 2 is 1.92 bits per heavy atom. The zero-order valence-corrected chi connectivity index (χ0v) is 19.4. The van der Waals surface area contributed by atoms with E-state index in [9.17, 15) is 27.5 Å². The Morgan fingerprint density at radius 3 is 2.56 bits per heavy atom. The highest BCUT2D eigenvalue weighted by molar-refractivity contribution is 5.99. The first-order valence-corrected chi connectivity index (χ1v) is 11.7. The SMILES string of the molecule is CC(F)c1nnc(-c2ccc3c(c2)C(=O)N([C@H](C2CCC(F)(F)CC2)[C@@H](O)c2ccc(F)nc2)C3)o1. The molecule has 1 N–H and O–H groups in total. The van der Waals surface area contributed by atoms with Crippen molar-refractivity contribution in [1.29, 1.82) is 0 Å². The lowest BCUT2D eigenvalue weighted by atomic mass is 9.78. The van der Waals surface area contributed by atoms with Crippen molar-refractivity contribution in [2.75, 3.05) is 0 Å². The molecule has 3 heterocycles. The van der Waals surface area contributed by atoms with Crippen LogP contribution < -0.4 is 0 Å². The van der Waals surface area contributed by atoms with Crippen LogP contribution >= 0.6 is 0 Å². The van der Waals surface area contributed by atoms with Crippen LogP contribution in [0.1, 0.15) is 72.3 Å². The molecule has 0 radical (unpaired) electrons. The Hall–Kier alpha value is -3.34. The van der Waals surface area contributed by atoms with Gasteiger partial charge in [0.25, 0.3) is 11.8 Å². The van der Waals surface area contributed by atoms with E-state index in [1.165, 1.54) is 24.1 Å². The molecule has 1 amide bonds. The number of amides is 1. The van der Waals surface area contributed by atoms with Gasteiger partial charge in [-0.1, -0.05) is 12.1 Å². The van der Waals surface area contributed by atoms with Crippen LogP contribution in [0.25, 0.3) is 11.5 Å². The van der Waals surface area contributed by atoms with E-state index in [1.54, 1.807) is 18.2 Å². The molecule has 5 rings (SSSR count). The summed E-state index contributed by atoms with van der Waals surface area (Å²) < 4.78 is 60.0. The first-order valence-electron chi connectivity index (χ1n) is 11.7. The summed E-state index contributed by atoms with van der Waals surface area (Å²) in [6.07, 6.45) is -1.93. The number of alkyl halides is 3. The molecule has 2 aromatic heterocycles. The molecular formula is C25H24F4N4O3. The Labute approximate surface area is 204 Å². The molecule has 0 bridgehead atoms. The molecule has 0 spiro atoms. The van der Waals surface area contributed by atoms with Crippen LogP contribution in [0.3, 0.4) is 0 Å². The average Bonchev–Trinajstić information content (AvgIpc) is 3.46. The van der Waals surface area contributed by atoms with Gasteiger partial charge in [-0.2, -0.15) is 4.39 Å². The van der Waals surface area contributed by atoms with Crippen LogP contribution in [-0.2, 0) is 6.54 Å². The minimum Gasteiger partial charge on any atom is -0.418 e. The molecule has 2 aliphatic rings. The fraction of sp³-hybridized carbons (Fsp3) is 0.440. The van der Waals surface area contributed by atoms with E-state index in [4.69, 9.17) is 4.42 Å². The van der Waals surface area contributed by atoms with Crippen molar-refractivity contribution in [1.82, 2.24) is 20.1 Å². The maximum Gasteiger partial charge on any atom is 0.254 e. The molecule has 1 fully saturated rings. The number of aliphatic hydroxyl groups excluding tert-OH is 1. The Balaban J connectivity index is 1.46. The average molecular weight is 504 g/mol. The predicted octanol–water partition coefficient (Wildman–Crippen LogP) is 5.18. The summed E-state index contributed by atoms with van der Waals surface area (Å²) in [5, 5.41) is 18.8. The van der Waals surface area contributed by atoms with Gasteiger partial charge in [-0.25, -0.2) is 18.2 Å². The molecule has 1 aliphatic carbocycles. The number of benzene rings is 1. The summed E-state index contributed by atoms with van der Waals surface area (Å²) in [6, 6.07) is 6.61. The topological polar surface area (TPSA) is 92.4 Å². The standard InChI is InChI=1S/C25H24F4N4O3/c1-13(26)22-31-32-23(36-22)15-2-3-17-12-33(24(35)18(17)10-15)20(14-6-8-25(28,29)9-7-14)21(34)16-4-5-19(27)30-11-16/h2-5,10-11,13-14,20-21,34H,6-9,12H2,1H3/t13?,20-,21+/m1/s1. The number of carbonyl (C=O) groups is 1. The van der Waals surface area contributed by atoms with E-state index >= 15 is 0 Å². The van der Waals surface area contributed by atoms with Gasteiger partial charge in [0.15, 0.2) is 6.17 Å². The Bertz CT molecular complexity index is 1250. The van der Waals surface area contributed by atoms with Crippen LogP contribution in [0.15, 0.2) is 40.9 Å². The van der Waals surface area contributed by atoms with Gasteiger partial charge in [-0.05, 0) is 49.4 Å². The van der Waals surface area contributed by atoms with Crippen LogP contribution in [0.4, 0.5) is 17.6 Å². The molecule has 3 aromatic rings. The highest BCUT2D eigenvalue weighted by Crippen LogP contribution is 2.43. The van der Waals surface area contributed by atoms with Crippen molar-refractivity contribution >= 4 is 5.91 Å². The largest absolute Gasteiger partial charge is 0.418 e. The van der Waals surface area contributed by atoms with Crippen LogP contribution in [-0.4, -0.2) is 43.1 Å². The van der Waals surface area contributed by atoms with Crippen molar-refractivity contribution in [3.8, 4) is 11.5 Å². The maximum atomic E-state index is 13.9. The minimum absolute atomic E-state index is 0.0621. The molecule has 0 saturated heterocycles. The highest BCUT2D eigenvalue weighted by Gasteiger charge is 2.45. The van der Waals surface area contributed by atoms with Gasteiger partial charge >= 0.3 is 0 Å². The Kier molecular flexibility index (Phi) is 6.27. The lowest BCUT2D eigenvalue weighted by Crippen LogP contribution is -2.47. The number of pyridine rings is 1. The van der Waals surface area contributed by atoms with E-state index in [0.717, 1.165) is 6.07 Å². The van der Waals surface area contributed by atoms with Gasteiger partial charge in [-0.15, -0.1) is 10.2 Å². The molecule has 1 aromatic carbocycles. The van der Waals surface area contributed by atoms with Gasteiger partial charge in [0, 0.05) is 42.3 Å². The summed E-state index contributed by atoms with van der Waals surface area (Å²) in [7, 11) is 0. The number of aliphatic hydroxyl groups is 1. The molecule has 190 valence electrons. The lowest BCUT2D eigenvalue weighted by Gasteiger charge is -2.41. The number of hydrogen-bond acceptors (Lipinski definition) is 6. The molecule has 1 aliphatic heterocycles. The Morgan fingerprint density at radius 1 is 1.17 bits per heavy atom.